The number of primary amides is 1. The van der Waals surface area contributed by atoms with E-state index >= 15 is 0 Å². The number of amides is 2. The summed E-state index contributed by atoms with van der Waals surface area (Å²) < 4.78 is 0. The van der Waals surface area contributed by atoms with Crippen LogP contribution in [-0.4, -0.2) is 22.8 Å². The van der Waals surface area contributed by atoms with E-state index in [-0.39, 0.29) is 5.91 Å². The Bertz CT molecular complexity index is 966. The molecule has 0 bridgehead atoms. The zero-order valence-electron chi connectivity index (χ0n) is 14.8. The number of rotatable bonds is 5. The van der Waals surface area contributed by atoms with Crippen LogP contribution in [0.4, 0.5) is 0 Å². The molecule has 3 N–H and O–H groups in total. The molecule has 0 spiro atoms. The van der Waals surface area contributed by atoms with Crippen LogP contribution in [0.3, 0.4) is 0 Å². The maximum Gasteiger partial charge on any atom is 0.253 e. The molecule has 0 fully saturated rings. The van der Waals surface area contributed by atoms with Gasteiger partial charge in [-0.05, 0) is 32.4 Å². The summed E-state index contributed by atoms with van der Waals surface area (Å²) in [5.74, 6) is -0.885. The standard InChI is InChI=1S/C21H21N3O2/c1-13(2)11-12-18(20(22)25)24-21(26)19-14-7-3-5-9-16(14)23-17-10-6-4-8-15(17)19/h3-11,18H,12H2,1-2H3,(H2,22,25)(H,24,26)/t18-/m0/s1. The highest BCUT2D eigenvalue weighted by Crippen LogP contribution is 2.26. The first-order valence-corrected chi connectivity index (χ1v) is 8.48. The van der Waals surface area contributed by atoms with E-state index in [4.69, 9.17) is 5.73 Å². The minimum absolute atomic E-state index is 0.328. The van der Waals surface area contributed by atoms with Crippen molar-refractivity contribution in [2.45, 2.75) is 26.3 Å². The highest BCUT2D eigenvalue weighted by molar-refractivity contribution is 6.16. The number of pyridine rings is 1. The molecular formula is C21H21N3O2. The van der Waals surface area contributed by atoms with Crippen molar-refractivity contribution in [2.24, 2.45) is 5.73 Å². The van der Waals surface area contributed by atoms with Crippen LogP contribution >= 0.6 is 0 Å². The monoisotopic (exact) mass is 347 g/mol. The van der Waals surface area contributed by atoms with Crippen LogP contribution in [0.25, 0.3) is 21.8 Å². The van der Waals surface area contributed by atoms with Gasteiger partial charge in [-0.25, -0.2) is 4.98 Å². The molecule has 1 aromatic heterocycles. The van der Waals surface area contributed by atoms with Gasteiger partial charge in [0.05, 0.1) is 16.6 Å². The Labute approximate surface area is 151 Å². The predicted molar refractivity (Wildman–Crippen MR) is 104 cm³/mol. The largest absolute Gasteiger partial charge is 0.368 e. The van der Waals surface area contributed by atoms with E-state index < -0.39 is 11.9 Å². The summed E-state index contributed by atoms with van der Waals surface area (Å²) in [6, 6.07) is 14.2. The quantitative estimate of drug-likeness (QED) is 0.548. The van der Waals surface area contributed by atoms with E-state index in [0.717, 1.165) is 27.4 Å². The summed E-state index contributed by atoms with van der Waals surface area (Å²) in [7, 11) is 0. The van der Waals surface area contributed by atoms with E-state index in [1.54, 1.807) is 0 Å². The van der Waals surface area contributed by atoms with Crippen molar-refractivity contribution in [2.75, 3.05) is 0 Å². The van der Waals surface area contributed by atoms with Crippen molar-refractivity contribution in [3.05, 3.63) is 65.7 Å². The van der Waals surface area contributed by atoms with Crippen LogP contribution in [0.5, 0.6) is 0 Å². The van der Waals surface area contributed by atoms with Crippen LogP contribution < -0.4 is 11.1 Å². The normalized spacial score (nSPS) is 11.9. The number of fused-ring (bicyclic) bond motifs is 2. The first kappa shape index (κ1) is 17.6. The number of benzene rings is 2. The number of carbonyl (C=O) groups excluding carboxylic acids is 2. The van der Waals surface area contributed by atoms with Crippen molar-refractivity contribution >= 4 is 33.6 Å². The van der Waals surface area contributed by atoms with Crippen molar-refractivity contribution in [3.63, 3.8) is 0 Å². The van der Waals surface area contributed by atoms with Crippen molar-refractivity contribution in [1.29, 1.82) is 0 Å². The minimum Gasteiger partial charge on any atom is -0.368 e. The molecule has 5 heteroatoms. The smallest absolute Gasteiger partial charge is 0.253 e. The first-order valence-electron chi connectivity index (χ1n) is 8.48. The average Bonchev–Trinajstić information content (AvgIpc) is 2.62. The van der Waals surface area contributed by atoms with Gasteiger partial charge in [-0.2, -0.15) is 0 Å². The van der Waals surface area contributed by atoms with E-state index in [9.17, 15) is 9.59 Å². The fourth-order valence-electron chi connectivity index (χ4n) is 2.91. The zero-order chi connectivity index (χ0) is 18.7. The lowest BCUT2D eigenvalue weighted by molar-refractivity contribution is -0.119. The molecule has 5 nitrogen and oxygen atoms in total. The van der Waals surface area contributed by atoms with Crippen molar-refractivity contribution in [1.82, 2.24) is 10.3 Å². The molecule has 3 aromatic rings. The fourth-order valence-corrected chi connectivity index (χ4v) is 2.91. The maximum absolute atomic E-state index is 13.1. The molecular weight excluding hydrogens is 326 g/mol. The number of carbonyl (C=O) groups is 2. The van der Waals surface area contributed by atoms with Gasteiger partial charge < -0.3 is 11.1 Å². The van der Waals surface area contributed by atoms with Crippen LogP contribution in [0.2, 0.25) is 0 Å². The lowest BCUT2D eigenvalue weighted by Gasteiger charge is -2.16. The summed E-state index contributed by atoms with van der Waals surface area (Å²) in [5.41, 5.74) is 8.51. The molecule has 132 valence electrons. The molecule has 3 rings (SSSR count). The lowest BCUT2D eigenvalue weighted by Crippen LogP contribution is -2.44. The molecule has 2 amide bonds. The van der Waals surface area contributed by atoms with Crippen molar-refractivity contribution < 1.29 is 9.59 Å². The molecule has 0 aliphatic carbocycles. The summed E-state index contributed by atoms with van der Waals surface area (Å²) in [6.07, 6.45) is 2.25. The minimum atomic E-state index is -0.761. The van der Waals surface area contributed by atoms with Crippen LogP contribution in [-0.2, 0) is 4.79 Å². The molecule has 0 saturated heterocycles. The molecule has 1 atom stereocenters. The average molecular weight is 347 g/mol. The van der Waals surface area contributed by atoms with Gasteiger partial charge in [0, 0.05) is 10.8 Å². The molecule has 2 aromatic carbocycles. The van der Waals surface area contributed by atoms with Gasteiger partial charge in [0.15, 0.2) is 0 Å². The molecule has 0 aliphatic heterocycles. The Balaban J connectivity index is 2.08. The summed E-state index contributed by atoms with van der Waals surface area (Å²) in [4.78, 5) is 29.5. The summed E-state index contributed by atoms with van der Waals surface area (Å²) in [6.45, 7) is 3.87. The van der Waals surface area contributed by atoms with Crippen LogP contribution in [0.15, 0.2) is 60.2 Å². The fraction of sp³-hybridized carbons (Fsp3) is 0.190. The first-order chi connectivity index (χ1) is 12.5. The predicted octanol–water partition coefficient (Wildman–Crippen LogP) is 3.33. The Morgan fingerprint density at radius 3 is 2.08 bits per heavy atom. The van der Waals surface area contributed by atoms with Crippen LogP contribution in [0.1, 0.15) is 30.6 Å². The second kappa shape index (κ2) is 7.35. The van der Waals surface area contributed by atoms with Gasteiger partial charge in [-0.1, -0.05) is 48.0 Å². The third-order valence-corrected chi connectivity index (χ3v) is 4.23. The van der Waals surface area contributed by atoms with Gasteiger partial charge in [0.25, 0.3) is 5.91 Å². The van der Waals surface area contributed by atoms with Gasteiger partial charge >= 0.3 is 0 Å². The van der Waals surface area contributed by atoms with Gasteiger partial charge in [0.1, 0.15) is 6.04 Å². The molecule has 1 heterocycles. The number of nitrogens with one attached hydrogen (secondary N) is 1. The Morgan fingerprint density at radius 1 is 1.04 bits per heavy atom. The van der Waals surface area contributed by atoms with E-state index in [1.165, 1.54) is 0 Å². The SMILES string of the molecule is CC(C)=CC[C@H](NC(=O)c1c2ccccc2nc2ccccc12)C(N)=O. The third-order valence-electron chi connectivity index (χ3n) is 4.23. The number of nitrogens with zero attached hydrogens (tertiary/aromatic N) is 1. The molecule has 0 saturated carbocycles. The van der Waals surface area contributed by atoms with Gasteiger partial charge in [-0.15, -0.1) is 0 Å². The molecule has 26 heavy (non-hydrogen) atoms. The summed E-state index contributed by atoms with van der Waals surface area (Å²) >= 11 is 0. The molecule has 0 radical (unpaired) electrons. The van der Waals surface area contributed by atoms with Gasteiger partial charge in [-0.3, -0.25) is 9.59 Å². The maximum atomic E-state index is 13.1. The van der Waals surface area contributed by atoms with E-state index in [0.29, 0.717) is 12.0 Å². The number of hydrogen-bond acceptors (Lipinski definition) is 3. The molecule has 0 aliphatic rings. The van der Waals surface area contributed by atoms with E-state index in [1.807, 2.05) is 68.5 Å². The third kappa shape index (κ3) is 3.57. The topological polar surface area (TPSA) is 85.1 Å². The van der Waals surface area contributed by atoms with Crippen LogP contribution in [0, 0.1) is 0 Å². The Morgan fingerprint density at radius 2 is 1.58 bits per heavy atom. The number of allylic oxidation sites excluding steroid dienone is 1. The summed E-state index contributed by atoms with van der Waals surface area (Å²) in [5, 5.41) is 4.28. The Kier molecular flexibility index (Phi) is 4.98. The Hall–Kier alpha value is -3.21. The highest BCUT2D eigenvalue weighted by Gasteiger charge is 2.21. The van der Waals surface area contributed by atoms with Crippen molar-refractivity contribution in [3.8, 4) is 0 Å². The number of aromatic nitrogens is 1. The number of para-hydroxylation sites is 2. The second-order valence-electron chi connectivity index (χ2n) is 6.47. The highest BCUT2D eigenvalue weighted by atomic mass is 16.2. The molecule has 0 unspecified atom stereocenters. The zero-order valence-corrected chi connectivity index (χ0v) is 14.8. The number of nitrogens with two attached hydrogens (primary N) is 1. The van der Waals surface area contributed by atoms with Gasteiger partial charge in [0.2, 0.25) is 5.91 Å². The lowest BCUT2D eigenvalue weighted by atomic mass is 10.0. The van der Waals surface area contributed by atoms with E-state index in [2.05, 4.69) is 10.3 Å². The second-order valence-corrected chi connectivity index (χ2v) is 6.47. The number of hydrogen-bond donors (Lipinski definition) is 2.